The first-order valence-electron chi connectivity index (χ1n) is 9.08. The number of rotatable bonds is 7. The molecule has 1 fully saturated rings. The molecule has 30 heavy (non-hydrogen) atoms. The molecule has 7 nitrogen and oxygen atoms in total. The summed E-state index contributed by atoms with van der Waals surface area (Å²) in [6.07, 6.45) is 0. The lowest BCUT2D eigenvalue weighted by Gasteiger charge is -2.34. The van der Waals surface area contributed by atoms with Gasteiger partial charge in [-0.25, -0.2) is 8.42 Å². The molecule has 1 heterocycles. The van der Waals surface area contributed by atoms with E-state index in [4.69, 9.17) is 16.3 Å². The van der Waals surface area contributed by atoms with Crippen LogP contribution in [0.25, 0.3) is 0 Å². The highest BCUT2D eigenvalue weighted by atomic mass is 35.5. The van der Waals surface area contributed by atoms with Crippen molar-refractivity contribution in [3.05, 3.63) is 41.4 Å². The molecule has 1 N–H and O–H groups in total. The van der Waals surface area contributed by atoms with Crippen molar-refractivity contribution in [3.8, 4) is 11.5 Å². The molecule has 0 spiro atoms. The zero-order valence-electron chi connectivity index (χ0n) is 16.4. The monoisotopic (exact) mass is 461 g/mol. The first-order chi connectivity index (χ1) is 14.2. The number of methoxy groups -OCH3 is 1. The van der Waals surface area contributed by atoms with Crippen molar-refractivity contribution in [3.63, 3.8) is 0 Å². The summed E-state index contributed by atoms with van der Waals surface area (Å²) < 4.78 is 63.4. The van der Waals surface area contributed by atoms with Gasteiger partial charge in [0.1, 0.15) is 11.5 Å². The van der Waals surface area contributed by atoms with Crippen LogP contribution in [0.5, 0.6) is 11.5 Å². The average Bonchev–Trinajstić information content (AvgIpc) is 2.69. The zero-order chi connectivity index (χ0) is 21.9. The Morgan fingerprint density at radius 2 is 1.73 bits per heavy atom. The van der Waals surface area contributed by atoms with Crippen LogP contribution in [-0.4, -0.2) is 60.3 Å². The van der Waals surface area contributed by atoms with Crippen LogP contribution in [0, 0.1) is 0 Å². The van der Waals surface area contributed by atoms with Crippen LogP contribution in [-0.2, 0) is 10.0 Å². The van der Waals surface area contributed by atoms with Gasteiger partial charge in [-0.1, -0.05) is 11.6 Å². The second kappa shape index (κ2) is 9.23. The van der Waals surface area contributed by atoms with Crippen molar-refractivity contribution in [2.45, 2.75) is 11.5 Å². The van der Waals surface area contributed by atoms with E-state index in [1.54, 1.807) is 6.07 Å². The summed E-state index contributed by atoms with van der Waals surface area (Å²) in [5.74, 6) is 0.216. The number of halogens is 3. The maximum absolute atomic E-state index is 13.0. The second-order valence-electron chi connectivity index (χ2n) is 6.75. The summed E-state index contributed by atoms with van der Waals surface area (Å²) in [5.41, 5.74) is 0.461. The van der Waals surface area contributed by atoms with Gasteiger partial charge in [0.25, 0.3) is 10.0 Å². The van der Waals surface area contributed by atoms with E-state index in [0.29, 0.717) is 24.5 Å². The molecular weight excluding hydrogens is 440 g/mol. The van der Waals surface area contributed by atoms with E-state index in [9.17, 15) is 17.2 Å². The lowest BCUT2D eigenvalue weighted by molar-refractivity contribution is -0.0493. The van der Waals surface area contributed by atoms with Gasteiger partial charge in [0, 0.05) is 31.2 Å². The lowest BCUT2D eigenvalue weighted by atomic mass is 10.2. The van der Waals surface area contributed by atoms with E-state index in [-0.39, 0.29) is 21.4 Å². The van der Waals surface area contributed by atoms with Crippen molar-refractivity contribution in [2.75, 3.05) is 50.0 Å². The highest BCUT2D eigenvalue weighted by Gasteiger charge is 2.23. The van der Waals surface area contributed by atoms with E-state index in [1.165, 1.54) is 37.4 Å². The Morgan fingerprint density at radius 1 is 1.07 bits per heavy atom. The van der Waals surface area contributed by atoms with Crippen LogP contribution >= 0.6 is 11.6 Å². The molecule has 0 aromatic heterocycles. The predicted octanol–water partition coefficient (Wildman–Crippen LogP) is 3.50. The average molecular weight is 462 g/mol. The summed E-state index contributed by atoms with van der Waals surface area (Å²) >= 11 is 5.90. The third-order valence-electron chi connectivity index (χ3n) is 4.71. The van der Waals surface area contributed by atoms with Crippen molar-refractivity contribution < 1.29 is 26.7 Å². The van der Waals surface area contributed by atoms with Crippen LogP contribution in [0.2, 0.25) is 5.02 Å². The van der Waals surface area contributed by atoms with Crippen molar-refractivity contribution in [2.24, 2.45) is 0 Å². The van der Waals surface area contributed by atoms with Gasteiger partial charge in [0.2, 0.25) is 0 Å². The number of benzene rings is 2. The van der Waals surface area contributed by atoms with Gasteiger partial charge in [-0.3, -0.25) is 4.72 Å². The molecule has 0 aliphatic carbocycles. The normalized spacial score (nSPS) is 15.3. The summed E-state index contributed by atoms with van der Waals surface area (Å²) in [5, 5.41) is 0.169. The lowest BCUT2D eigenvalue weighted by Crippen LogP contribution is -2.44. The van der Waals surface area contributed by atoms with E-state index in [2.05, 4.69) is 14.4 Å². The fourth-order valence-electron chi connectivity index (χ4n) is 3.12. The van der Waals surface area contributed by atoms with Crippen molar-refractivity contribution >= 4 is 33.0 Å². The summed E-state index contributed by atoms with van der Waals surface area (Å²) in [6.45, 7) is -0.0291. The fraction of sp³-hybridized carbons (Fsp3) is 0.368. The second-order valence-corrected chi connectivity index (χ2v) is 8.87. The molecular formula is C19H22ClF2N3O4S. The molecule has 0 saturated carbocycles. The van der Waals surface area contributed by atoms with Gasteiger partial charge in [-0.2, -0.15) is 8.78 Å². The molecule has 0 amide bonds. The first-order valence-corrected chi connectivity index (χ1v) is 10.9. The van der Waals surface area contributed by atoms with E-state index in [1.807, 2.05) is 11.9 Å². The SMILES string of the molecule is COc1ccc(S(=O)(=O)Nc2cc(Cl)ccc2OC(F)F)cc1N1CCN(C)CC1. The third-order valence-corrected chi connectivity index (χ3v) is 6.30. The molecule has 0 unspecified atom stereocenters. The van der Waals surface area contributed by atoms with Crippen molar-refractivity contribution in [1.82, 2.24) is 4.90 Å². The smallest absolute Gasteiger partial charge is 0.387 e. The number of alkyl halides is 2. The highest BCUT2D eigenvalue weighted by Crippen LogP contribution is 2.34. The minimum absolute atomic E-state index is 0.0415. The van der Waals surface area contributed by atoms with Crippen LogP contribution in [0.15, 0.2) is 41.3 Å². The molecule has 1 aliphatic rings. The number of nitrogens with one attached hydrogen (secondary N) is 1. The van der Waals surface area contributed by atoms with Gasteiger partial charge in [0.05, 0.1) is 23.4 Å². The number of anilines is 2. The maximum Gasteiger partial charge on any atom is 0.387 e. The summed E-state index contributed by atoms with van der Waals surface area (Å²) in [6, 6.07) is 8.17. The van der Waals surface area contributed by atoms with Gasteiger partial charge < -0.3 is 19.3 Å². The Balaban J connectivity index is 1.93. The Labute approximate surface area is 179 Å². The fourth-order valence-corrected chi connectivity index (χ4v) is 4.37. The predicted molar refractivity (Wildman–Crippen MR) is 112 cm³/mol. The number of ether oxygens (including phenoxy) is 2. The van der Waals surface area contributed by atoms with E-state index >= 15 is 0 Å². The number of hydrogen-bond acceptors (Lipinski definition) is 6. The molecule has 2 aromatic carbocycles. The molecule has 0 bridgehead atoms. The minimum atomic E-state index is -4.11. The van der Waals surface area contributed by atoms with Crippen LogP contribution in [0.1, 0.15) is 0 Å². The number of piperazine rings is 1. The van der Waals surface area contributed by atoms with Crippen LogP contribution < -0.4 is 19.1 Å². The molecule has 164 valence electrons. The minimum Gasteiger partial charge on any atom is -0.495 e. The zero-order valence-corrected chi connectivity index (χ0v) is 18.0. The number of nitrogens with zero attached hydrogens (tertiary/aromatic N) is 2. The quantitative estimate of drug-likeness (QED) is 0.680. The molecule has 2 aromatic rings. The Hall–Kier alpha value is -2.30. The summed E-state index contributed by atoms with van der Waals surface area (Å²) in [7, 11) is -0.579. The third kappa shape index (κ3) is 5.24. The van der Waals surface area contributed by atoms with Gasteiger partial charge >= 0.3 is 6.61 Å². The van der Waals surface area contributed by atoms with Crippen molar-refractivity contribution in [1.29, 1.82) is 0 Å². The van der Waals surface area contributed by atoms with Gasteiger partial charge in [-0.05, 0) is 43.4 Å². The van der Waals surface area contributed by atoms with E-state index < -0.39 is 16.6 Å². The van der Waals surface area contributed by atoms with Gasteiger partial charge in [0.15, 0.2) is 0 Å². The molecule has 1 saturated heterocycles. The molecule has 11 heteroatoms. The Kier molecular flexibility index (Phi) is 6.89. The number of hydrogen-bond donors (Lipinski definition) is 1. The maximum atomic E-state index is 13.0. The highest BCUT2D eigenvalue weighted by molar-refractivity contribution is 7.92. The topological polar surface area (TPSA) is 71.1 Å². The van der Waals surface area contributed by atoms with Gasteiger partial charge in [-0.15, -0.1) is 0 Å². The largest absolute Gasteiger partial charge is 0.495 e. The Morgan fingerprint density at radius 3 is 2.37 bits per heavy atom. The van der Waals surface area contributed by atoms with Crippen LogP contribution in [0.4, 0.5) is 20.2 Å². The first kappa shape index (κ1) is 22.4. The molecule has 1 aliphatic heterocycles. The number of sulfonamides is 1. The molecule has 0 atom stereocenters. The standard InChI is InChI=1S/C19H22ClF2N3O4S/c1-24-7-9-25(10-8-24)16-12-14(4-6-18(16)28-2)30(26,27)23-15-11-13(20)3-5-17(15)29-19(21)22/h3-6,11-12,19,23H,7-10H2,1-2H3. The van der Waals surface area contributed by atoms with E-state index in [0.717, 1.165) is 13.1 Å². The number of likely N-dealkylation sites (N-methyl/N-ethyl adjacent to an activating group) is 1. The summed E-state index contributed by atoms with van der Waals surface area (Å²) in [4.78, 5) is 4.18. The molecule has 0 radical (unpaired) electrons. The molecule has 3 rings (SSSR count). The Bertz CT molecular complexity index is 999. The van der Waals surface area contributed by atoms with Crippen LogP contribution in [0.3, 0.4) is 0 Å².